The molecule has 1 aromatic carbocycles. The SMILES string of the molecule is Cc1ccc(O)c(C(=O)OCC(=O)N[C@H]2CCC[C@H](C)[C@H]2C)c1. The Hall–Kier alpha value is -2.04. The number of ether oxygens (including phenoxy) is 1. The third-order valence-corrected chi connectivity index (χ3v) is 4.76. The number of rotatable bonds is 4. The van der Waals surface area contributed by atoms with E-state index in [0.29, 0.717) is 11.8 Å². The Morgan fingerprint density at radius 2 is 2.04 bits per heavy atom. The fraction of sp³-hybridized carbons (Fsp3) is 0.556. The maximum Gasteiger partial charge on any atom is 0.342 e. The summed E-state index contributed by atoms with van der Waals surface area (Å²) in [6, 6.07) is 4.82. The van der Waals surface area contributed by atoms with E-state index in [2.05, 4.69) is 19.2 Å². The number of phenolic OH excluding ortho intramolecular Hbond substituents is 1. The molecule has 1 aliphatic rings. The van der Waals surface area contributed by atoms with Crippen molar-refractivity contribution in [1.29, 1.82) is 0 Å². The summed E-state index contributed by atoms with van der Waals surface area (Å²) in [6.45, 7) is 5.83. The molecule has 1 saturated carbocycles. The monoisotopic (exact) mass is 319 g/mol. The van der Waals surface area contributed by atoms with Gasteiger partial charge in [-0.1, -0.05) is 38.3 Å². The maximum absolute atomic E-state index is 12.0. The number of nitrogens with one attached hydrogen (secondary N) is 1. The summed E-state index contributed by atoms with van der Waals surface area (Å²) in [5.74, 6) is -0.122. The van der Waals surface area contributed by atoms with E-state index in [0.717, 1.165) is 18.4 Å². The second-order valence-electron chi connectivity index (χ2n) is 6.54. The molecule has 0 aromatic heterocycles. The van der Waals surface area contributed by atoms with Crippen molar-refractivity contribution in [1.82, 2.24) is 5.32 Å². The van der Waals surface area contributed by atoms with Gasteiger partial charge >= 0.3 is 5.97 Å². The van der Waals surface area contributed by atoms with Gasteiger partial charge in [-0.3, -0.25) is 4.79 Å². The van der Waals surface area contributed by atoms with E-state index < -0.39 is 5.97 Å². The van der Waals surface area contributed by atoms with E-state index in [1.54, 1.807) is 12.1 Å². The van der Waals surface area contributed by atoms with Crippen LogP contribution < -0.4 is 5.32 Å². The number of esters is 1. The van der Waals surface area contributed by atoms with Gasteiger partial charge in [0.15, 0.2) is 6.61 Å². The third kappa shape index (κ3) is 4.47. The number of carbonyl (C=O) groups is 2. The van der Waals surface area contributed by atoms with Crippen molar-refractivity contribution in [3.05, 3.63) is 29.3 Å². The molecule has 1 fully saturated rings. The van der Waals surface area contributed by atoms with Crippen molar-refractivity contribution in [2.24, 2.45) is 11.8 Å². The maximum atomic E-state index is 12.0. The predicted octanol–water partition coefficient (Wildman–Crippen LogP) is 2.80. The van der Waals surface area contributed by atoms with Crippen LogP contribution in [0.25, 0.3) is 0 Å². The highest BCUT2D eigenvalue weighted by molar-refractivity contribution is 5.94. The van der Waals surface area contributed by atoms with Crippen LogP contribution in [0.15, 0.2) is 18.2 Å². The molecular formula is C18H25NO4. The third-order valence-electron chi connectivity index (χ3n) is 4.76. The average Bonchev–Trinajstić information content (AvgIpc) is 2.52. The Morgan fingerprint density at radius 3 is 2.78 bits per heavy atom. The van der Waals surface area contributed by atoms with E-state index in [1.807, 2.05) is 6.92 Å². The van der Waals surface area contributed by atoms with Crippen molar-refractivity contribution in [3.8, 4) is 5.75 Å². The van der Waals surface area contributed by atoms with Crippen LogP contribution in [0.2, 0.25) is 0 Å². The molecule has 0 bridgehead atoms. The van der Waals surface area contributed by atoms with Crippen LogP contribution in [-0.2, 0) is 9.53 Å². The average molecular weight is 319 g/mol. The molecule has 5 nitrogen and oxygen atoms in total. The van der Waals surface area contributed by atoms with Gasteiger partial charge in [-0.2, -0.15) is 0 Å². The van der Waals surface area contributed by atoms with Gasteiger partial charge < -0.3 is 15.2 Å². The van der Waals surface area contributed by atoms with E-state index in [-0.39, 0.29) is 29.9 Å². The minimum absolute atomic E-state index is 0.0810. The fourth-order valence-corrected chi connectivity index (χ4v) is 3.06. The van der Waals surface area contributed by atoms with Gasteiger partial charge in [-0.15, -0.1) is 0 Å². The van der Waals surface area contributed by atoms with E-state index in [4.69, 9.17) is 4.74 Å². The smallest absolute Gasteiger partial charge is 0.342 e. The van der Waals surface area contributed by atoms with E-state index >= 15 is 0 Å². The number of amides is 1. The summed E-state index contributed by atoms with van der Waals surface area (Å²) in [6.07, 6.45) is 3.26. The van der Waals surface area contributed by atoms with Gasteiger partial charge in [0.25, 0.3) is 5.91 Å². The van der Waals surface area contributed by atoms with Gasteiger partial charge in [0.2, 0.25) is 0 Å². The Balaban J connectivity index is 1.86. The van der Waals surface area contributed by atoms with Gasteiger partial charge in [0.05, 0.1) is 0 Å². The first kappa shape index (κ1) is 17.3. The summed E-state index contributed by atoms with van der Waals surface area (Å²) in [4.78, 5) is 24.0. The standard InChI is InChI=1S/C18H25NO4/c1-11-7-8-16(20)14(9-11)18(22)23-10-17(21)19-15-6-4-5-12(2)13(15)3/h7-9,12-13,15,20H,4-6,10H2,1-3H3,(H,19,21)/t12-,13+,15-/m0/s1. The highest BCUT2D eigenvalue weighted by Gasteiger charge is 2.28. The largest absolute Gasteiger partial charge is 0.507 e. The predicted molar refractivity (Wildman–Crippen MR) is 87.2 cm³/mol. The molecule has 23 heavy (non-hydrogen) atoms. The Kier molecular flexibility index (Phi) is 5.64. The number of aromatic hydroxyl groups is 1. The first-order valence-corrected chi connectivity index (χ1v) is 8.14. The first-order valence-electron chi connectivity index (χ1n) is 8.14. The highest BCUT2D eigenvalue weighted by Crippen LogP contribution is 2.29. The molecule has 0 unspecified atom stereocenters. The second-order valence-corrected chi connectivity index (χ2v) is 6.54. The summed E-state index contributed by atoms with van der Waals surface area (Å²) < 4.78 is 5.02. The summed E-state index contributed by atoms with van der Waals surface area (Å²) in [7, 11) is 0. The van der Waals surface area contributed by atoms with Crippen LogP contribution >= 0.6 is 0 Å². The van der Waals surface area contributed by atoms with Crippen molar-refractivity contribution in [2.45, 2.75) is 46.1 Å². The van der Waals surface area contributed by atoms with Crippen molar-refractivity contribution < 1.29 is 19.4 Å². The normalized spacial score (nSPS) is 24.0. The van der Waals surface area contributed by atoms with Crippen LogP contribution in [0.5, 0.6) is 5.75 Å². The lowest BCUT2D eigenvalue weighted by atomic mass is 9.78. The number of phenols is 1. The molecule has 5 heteroatoms. The number of carbonyl (C=O) groups excluding carboxylic acids is 2. The van der Waals surface area contributed by atoms with Crippen molar-refractivity contribution in [2.75, 3.05) is 6.61 Å². The van der Waals surface area contributed by atoms with Gasteiger partial charge in [0.1, 0.15) is 11.3 Å². The summed E-state index contributed by atoms with van der Waals surface area (Å²) >= 11 is 0. The second kappa shape index (κ2) is 7.49. The molecule has 1 amide bonds. The molecule has 1 aliphatic carbocycles. The van der Waals surface area contributed by atoms with Gasteiger partial charge in [-0.05, 0) is 37.3 Å². The molecule has 0 radical (unpaired) electrons. The lowest BCUT2D eigenvalue weighted by Crippen LogP contribution is -2.45. The molecule has 0 heterocycles. The van der Waals surface area contributed by atoms with Crippen molar-refractivity contribution >= 4 is 11.9 Å². The quantitative estimate of drug-likeness (QED) is 0.837. The molecule has 1 aromatic rings. The summed E-state index contributed by atoms with van der Waals surface area (Å²) in [5.41, 5.74) is 0.918. The van der Waals surface area contributed by atoms with Gasteiger partial charge in [-0.25, -0.2) is 4.79 Å². The highest BCUT2D eigenvalue weighted by atomic mass is 16.5. The minimum atomic E-state index is -0.689. The van der Waals surface area contributed by atoms with Crippen LogP contribution in [-0.4, -0.2) is 29.6 Å². The lowest BCUT2D eigenvalue weighted by molar-refractivity contribution is -0.125. The molecule has 126 valence electrons. The fourth-order valence-electron chi connectivity index (χ4n) is 3.06. The molecule has 2 rings (SSSR count). The molecule has 0 aliphatic heterocycles. The van der Waals surface area contributed by atoms with Crippen LogP contribution in [0.1, 0.15) is 49.0 Å². The molecule has 0 saturated heterocycles. The van der Waals surface area contributed by atoms with Gasteiger partial charge in [0, 0.05) is 6.04 Å². The zero-order chi connectivity index (χ0) is 17.0. The minimum Gasteiger partial charge on any atom is -0.507 e. The van der Waals surface area contributed by atoms with Crippen LogP contribution in [0.4, 0.5) is 0 Å². The Morgan fingerprint density at radius 1 is 1.30 bits per heavy atom. The Bertz CT molecular complexity index is 584. The summed E-state index contributed by atoms with van der Waals surface area (Å²) in [5, 5.41) is 12.6. The number of hydrogen-bond donors (Lipinski definition) is 2. The first-order chi connectivity index (χ1) is 10.9. The van der Waals surface area contributed by atoms with Crippen LogP contribution in [0.3, 0.4) is 0 Å². The topological polar surface area (TPSA) is 75.6 Å². The number of aryl methyl sites for hydroxylation is 1. The molecule has 2 N–H and O–H groups in total. The lowest BCUT2D eigenvalue weighted by Gasteiger charge is -2.34. The van der Waals surface area contributed by atoms with E-state index in [1.165, 1.54) is 12.5 Å². The zero-order valence-electron chi connectivity index (χ0n) is 14.0. The number of hydrogen-bond acceptors (Lipinski definition) is 4. The Labute approximate surface area is 137 Å². The van der Waals surface area contributed by atoms with Crippen LogP contribution in [0, 0.1) is 18.8 Å². The molecule has 3 atom stereocenters. The van der Waals surface area contributed by atoms with E-state index in [9.17, 15) is 14.7 Å². The number of benzene rings is 1. The molecular weight excluding hydrogens is 294 g/mol. The van der Waals surface area contributed by atoms with Crippen molar-refractivity contribution in [3.63, 3.8) is 0 Å². The zero-order valence-corrected chi connectivity index (χ0v) is 14.0. The molecule has 0 spiro atoms.